The summed E-state index contributed by atoms with van der Waals surface area (Å²) in [6, 6.07) is 56.6. The van der Waals surface area contributed by atoms with Gasteiger partial charge in [0.05, 0.1) is 11.0 Å². The van der Waals surface area contributed by atoms with Gasteiger partial charge in [-0.05, 0) is 95.4 Å². The van der Waals surface area contributed by atoms with Gasteiger partial charge in [-0.2, -0.15) is 0 Å². The van der Waals surface area contributed by atoms with E-state index in [-0.39, 0.29) is 5.41 Å². The van der Waals surface area contributed by atoms with Crippen LogP contribution in [-0.2, 0) is 5.41 Å². The second kappa shape index (κ2) is 9.12. The molecule has 224 valence electrons. The maximum absolute atomic E-state index is 2.56. The molecule has 2 aliphatic rings. The molecule has 1 aromatic heterocycles. The molecule has 2 aliphatic carbocycles. The van der Waals surface area contributed by atoms with Gasteiger partial charge in [0, 0.05) is 21.9 Å². The van der Waals surface area contributed by atoms with E-state index in [4.69, 9.17) is 0 Å². The average molecular weight is 610 g/mol. The molecule has 0 saturated carbocycles. The Morgan fingerprint density at radius 3 is 1.88 bits per heavy atom. The van der Waals surface area contributed by atoms with Gasteiger partial charge in [-0.25, -0.2) is 0 Å². The lowest BCUT2D eigenvalue weighted by Crippen LogP contribution is -2.16. The van der Waals surface area contributed by atoms with E-state index in [2.05, 4.69) is 170 Å². The minimum absolute atomic E-state index is 0.162. The molecule has 0 N–H and O–H groups in total. The van der Waals surface area contributed by atoms with Crippen molar-refractivity contribution < 1.29 is 0 Å². The Kier molecular flexibility index (Phi) is 4.97. The molecule has 9 aromatic rings. The standard InChI is InChI=1S/C47H31N/c1-47(2)40-23-9-7-19-38(40)43-35-17-5-6-18-36(35)44-39-20-8-10-24-41(39)48(46(44)45(43)47)29-14-11-13-28(27-29)30-25-26-37-32-16-4-3-15-31(32)34-22-12-21-33(30)42(34)37/h3-27H,1-2H3. The summed E-state index contributed by atoms with van der Waals surface area (Å²) in [6.45, 7) is 4.82. The number of benzene rings is 8. The van der Waals surface area contributed by atoms with Gasteiger partial charge in [0.2, 0.25) is 0 Å². The summed E-state index contributed by atoms with van der Waals surface area (Å²) in [5.74, 6) is 0. The van der Waals surface area contributed by atoms with E-state index in [0.717, 1.165) is 0 Å². The van der Waals surface area contributed by atoms with Gasteiger partial charge in [0.1, 0.15) is 0 Å². The Labute approximate surface area is 279 Å². The summed E-state index contributed by atoms with van der Waals surface area (Å²) in [5.41, 5.74) is 17.0. The maximum atomic E-state index is 2.56. The van der Waals surface area contributed by atoms with Crippen molar-refractivity contribution >= 4 is 43.4 Å². The Morgan fingerprint density at radius 2 is 1.04 bits per heavy atom. The second-order valence-electron chi connectivity index (χ2n) is 14.0. The van der Waals surface area contributed by atoms with Crippen LogP contribution in [0.3, 0.4) is 0 Å². The first-order valence-electron chi connectivity index (χ1n) is 17.0. The molecule has 1 nitrogen and oxygen atoms in total. The number of hydrogen-bond acceptors (Lipinski definition) is 0. The van der Waals surface area contributed by atoms with E-state index in [0.29, 0.717) is 0 Å². The molecule has 11 rings (SSSR count). The minimum atomic E-state index is -0.162. The predicted molar refractivity (Wildman–Crippen MR) is 203 cm³/mol. The zero-order valence-electron chi connectivity index (χ0n) is 26.9. The summed E-state index contributed by atoms with van der Waals surface area (Å²) >= 11 is 0. The highest BCUT2D eigenvalue weighted by atomic mass is 15.0. The maximum Gasteiger partial charge on any atom is 0.0594 e. The summed E-state index contributed by atoms with van der Waals surface area (Å²) < 4.78 is 2.56. The first kappa shape index (κ1) is 26.2. The summed E-state index contributed by atoms with van der Waals surface area (Å²) in [4.78, 5) is 0. The van der Waals surface area contributed by atoms with Crippen molar-refractivity contribution in [2.45, 2.75) is 19.3 Å². The highest BCUT2D eigenvalue weighted by Gasteiger charge is 2.40. The predicted octanol–water partition coefficient (Wildman–Crippen LogP) is 12.7. The van der Waals surface area contributed by atoms with E-state index < -0.39 is 0 Å². The highest BCUT2D eigenvalue weighted by molar-refractivity contribution is 6.27. The van der Waals surface area contributed by atoms with Gasteiger partial charge in [0.25, 0.3) is 0 Å². The first-order chi connectivity index (χ1) is 23.6. The normalized spacial score (nSPS) is 13.8. The summed E-state index contributed by atoms with van der Waals surface area (Å²) in [7, 11) is 0. The van der Waals surface area contributed by atoms with Crippen molar-refractivity contribution in [3.8, 4) is 50.2 Å². The third-order valence-corrected chi connectivity index (χ3v) is 11.3. The molecule has 0 radical (unpaired) electrons. The van der Waals surface area contributed by atoms with Crippen molar-refractivity contribution in [3.05, 3.63) is 163 Å². The van der Waals surface area contributed by atoms with Crippen LogP contribution < -0.4 is 0 Å². The van der Waals surface area contributed by atoms with Gasteiger partial charge in [-0.15, -0.1) is 0 Å². The highest BCUT2D eigenvalue weighted by Crippen LogP contribution is 2.56. The lowest BCUT2D eigenvalue weighted by molar-refractivity contribution is 0.664. The van der Waals surface area contributed by atoms with Crippen LogP contribution in [0, 0.1) is 0 Å². The van der Waals surface area contributed by atoms with Crippen LogP contribution in [0.15, 0.2) is 152 Å². The first-order valence-corrected chi connectivity index (χ1v) is 17.0. The molecule has 0 saturated heterocycles. The number of para-hydroxylation sites is 1. The molecule has 0 atom stereocenters. The van der Waals surface area contributed by atoms with Crippen molar-refractivity contribution in [1.82, 2.24) is 4.57 Å². The van der Waals surface area contributed by atoms with E-state index >= 15 is 0 Å². The van der Waals surface area contributed by atoms with Crippen molar-refractivity contribution in [2.24, 2.45) is 0 Å². The van der Waals surface area contributed by atoms with Crippen LogP contribution in [-0.4, -0.2) is 4.57 Å². The van der Waals surface area contributed by atoms with Gasteiger partial charge >= 0.3 is 0 Å². The fourth-order valence-corrected chi connectivity index (χ4v) is 9.33. The zero-order valence-corrected chi connectivity index (χ0v) is 26.9. The van der Waals surface area contributed by atoms with E-state index in [1.165, 1.54) is 105 Å². The van der Waals surface area contributed by atoms with Crippen LogP contribution in [0.1, 0.15) is 25.0 Å². The van der Waals surface area contributed by atoms with Crippen LogP contribution in [0.2, 0.25) is 0 Å². The summed E-state index contributed by atoms with van der Waals surface area (Å²) in [5, 5.41) is 7.97. The smallest absolute Gasteiger partial charge is 0.0594 e. The van der Waals surface area contributed by atoms with E-state index in [9.17, 15) is 0 Å². The molecule has 0 bridgehead atoms. The number of nitrogens with zero attached hydrogens (tertiary/aromatic N) is 1. The SMILES string of the molecule is CC1(C)c2ccccc2-c2c1c1c(c3ccccc23)c2ccccc2n1-c1cccc(-c2ccc3c4c(cccc24)-c2ccccc2-3)c1. The zero-order chi connectivity index (χ0) is 31.7. The van der Waals surface area contributed by atoms with Crippen LogP contribution >= 0.6 is 0 Å². The Hall–Kier alpha value is -5.92. The lowest BCUT2D eigenvalue weighted by Gasteiger charge is -2.24. The van der Waals surface area contributed by atoms with Gasteiger partial charge < -0.3 is 4.57 Å². The fraction of sp³-hybridized carbons (Fsp3) is 0.0638. The monoisotopic (exact) mass is 609 g/mol. The van der Waals surface area contributed by atoms with Crippen LogP contribution in [0.4, 0.5) is 0 Å². The number of rotatable bonds is 2. The Bertz CT molecular complexity index is 2830. The molecular weight excluding hydrogens is 579 g/mol. The topological polar surface area (TPSA) is 4.93 Å². The lowest BCUT2D eigenvalue weighted by atomic mass is 9.80. The number of fused-ring (bicyclic) bond motifs is 13. The third-order valence-electron chi connectivity index (χ3n) is 11.3. The molecule has 0 amide bonds. The van der Waals surface area contributed by atoms with E-state index in [1.807, 2.05) is 0 Å². The second-order valence-corrected chi connectivity index (χ2v) is 14.0. The van der Waals surface area contributed by atoms with E-state index in [1.54, 1.807) is 0 Å². The molecule has 1 heterocycles. The van der Waals surface area contributed by atoms with Gasteiger partial charge in [-0.1, -0.05) is 147 Å². The van der Waals surface area contributed by atoms with Gasteiger partial charge in [0.15, 0.2) is 0 Å². The molecule has 0 spiro atoms. The fourth-order valence-electron chi connectivity index (χ4n) is 9.33. The van der Waals surface area contributed by atoms with Crippen LogP contribution in [0.5, 0.6) is 0 Å². The molecular formula is C47H31N. The molecule has 1 heteroatoms. The van der Waals surface area contributed by atoms with Crippen LogP contribution in [0.25, 0.3) is 93.5 Å². The number of aromatic nitrogens is 1. The third kappa shape index (κ3) is 3.16. The molecule has 0 aliphatic heterocycles. The van der Waals surface area contributed by atoms with Crippen molar-refractivity contribution in [3.63, 3.8) is 0 Å². The van der Waals surface area contributed by atoms with Gasteiger partial charge in [-0.3, -0.25) is 0 Å². The minimum Gasteiger partial charge on any atom is -0.309 e. The summed E-state index contributed by atoms with van der Waals surface area (Å²) in [6.07, 6.45) is 0. The Morgan fingerprint density at radius 1 is 0.438 bits per heavy atom. The average Bonchev–Trinajstić information content (AvgIpc) is 3.73. The molecule has 0 fully saturated rings. The Balaban J connectivity index is 1.24. The molecule has 48 heavy (non-hydrogen) atoms. The van der Waals surface area contributed by atoms with Crippen molar-refractivity contribution in [2.75, 3.05) is 0 Å². The molecule has 0 unspecified atom stereocenters. The molecule has 8 aromatic carbocycles. The van der Waals surface area contributed by atoms with Crippen molar-refractivity contribution in [1.29, 1.82) is 0 Å². The quantitative estimate of drug-likeness (QED) is 0.184. The largest absolute Gasteiger partial charge is 0.309 e. The number of hydrogen-bond donors (Lipinski definition) is 0.